The molecule has 2 aromatic carbocycles. The molecule has 0 unspecified atom stereocenters. The first kappa shape index (κ1) is 24.6. The van der Waals surface area contributed by atoms with Gasteiger partial charge in [0.05, 0.1) is 22.8 Å². The van der Waals surface area contributed by atoms with E-state index in [4.69, 9.17) is 27.9 Å². The summed E-state index contributed by atoms with van der Waals surface area (Å²) in [5.41, 5.74) is 1.31. The second kappa shape index (κ2) is 11.7. The normalized spacial score (nSPS) is 11.3. The average molecular weight is 494 g/mol. The van der Waals surface area contributed by atoms with E-state index in [0.29, 0.717) is 52.2 Å². The van der Waals surface area contributed by atoms with Gasteiger partial charge in [-0.1, -0.05) is 47.1 Å². The summed E-state index contributed by atoms with van der Waals surface area (Å²) in [7, 11) is 0. The van der Waals surface area contributed by atoms with Crippen LogP contribution in [0.1, 0.15) is 25.8 Å². The molecule has 0 saturated heterocycles. The number of aromatic nitrogens is 2. The minimum atomic E-state index is -0.153. The quantitative estimate of drug-likeness (QED) is 0.246. The molecule has 3 aromatic rings. The molecule has 0 aliphatic heterocycles. The van der Waals surface area contributed by atoms with Crippen molar-refractivity contribution in [1.29, 1.82) is 0 Å². The molecular weight excluding hydrogens is 469 g/mol. The second-order valence-corrected chi connectivity index (χ2v) is 9.29. The van der Waals surface area contributed by atoms with Crippen molar-refractivity contribution in [3.63, 3.8) is 0 Å². The summed E-state index contributed by atoms with van der Waals surface area (Å²) in [6.45, 7) is 5.33. The van der Waals surface area contributed by atoms with Gasteiger partial charge in [0.1, 0.15) is 0 Å². The smallest absolute Gasteiger partial charge is 0.262 e. The highest BCUT2D eigenvalue weighted by molar-refractivity contribution is 7.99. The summed E-state index contributed by atoms with van der Waals surface area (Å²) in [5, 5.41) is 5.00. The predicted molar refractivity (Wildman–Crippen MR) is 131 cm³/mol. The summed E-state index contributed by atoms with van der Waals surface area (Å²) in [4.78, 5) is 30.1. The number of amides is 1. The summed E-state index contributed by atoms with van der Waals surface area (Å²) in [6.07, 6.45) is 0.789. The first-order valence-electron chi connectivity index (χ1n) is 10.3. The fourth-order valence-corrected chi connectivity index (χ4v) is 4.15. The lowest BCUT2D eigenvalue weighted by molar-refractivity contribution is -0.118. The van der Waals surface area contributed by atoms with E-state index in [1.54, 1.807) is 34.9 Å². The lowest BCUT2D eigenvalue weighted by Crippen LogP contribution is -2.27. The maximum atomic E-state index is 13.1. The zero-order valence-electron chi connectivity index (χ0n) is 17.9. The van der Waals surface area contributed by atoms with Crippen LogP contribution in [0.4, 0.5) is 0 Å². The minimum Gasteiger partial charge on any atom is -0.379 e. The molecule has 32 heavy (non-hydrogen) atoms. The molecule has 1 heterocycles. The Morgan fingerprint density at radius 1 is 1.16 bits per heavy atom. The number of nitrogens with one attached hydrogen (secondary N) is 1. The topological polar surface area (TPSA) is 73.2 Å². The van der Waals surface area contributed by atoms with Crippen molar-refractivity contribution in [2.75, 3.05) is 12.4 Å². The number of nitrogens with zero attached hydrogens (tertiary/aromatic N) is 2. The molecule has 0 bridgehead atoms. The standard InChI is InChI=1S/C23H25Cl2N3O3S/c1-15(2)31-11-3-10-28-22(30)19-9-8-18(25)12-20(19)27-23(28)32-14-21(29)26-13-16-4-6-17(24)7-5-16/h4-9,12,15H,3,10-11,13-14H2,1-2H3,(H,26,29). The lowest BCUT2D eigenvalue weighted by atomic mass is 10.2. The van der Waals surface area contributed by atoms with Gasteiger partial charge in [-0.2, -0.15) is 0 Å². The average Bonchev–Trinajstić information content (AvgIpc) is 2.75. The fraction of sp³-hybridized carbons (Fsp3) is 0.348. The third-order valence-electron chi connectivity index (χ3n) is 4.59. The third-order valence-corrected chi connectivity index (χ3v) is 6.06. The summed E-state index contributed by atoms with van der Waals surface area (Å²) in [5.74, 6) is -0.0192. The first-order chi connectivity index (χ1) is 15.3. The Balaban J connectivity index is 1.72. The SMILES string of the molecule is CC(C)OCCCn1c(SCC(=O)NCc2ccc(Cl)cc2)nc2cc(Cl)ccc2c1=O. The third kappa shape index (κ3) is 6.97. The molecule has 1 N–H and O–H groups in total. The summed E-state index contributed by atoms with van der Waals surface area (Å²) >= 11 is 13.2. The van der Waals surface area contributed by atoms with E-state index in [9.17, 15) is 9.59 Å². The van der Waals surface area contributed by atoms with E-state index in [1.165, 1.54) is 11.8 Å². The van der Waals surface area contributed by atoms with Gasteiger partial charge in [0.15, 0.2) is 5.16 Å². The van der Waals surface area contributed by atoms with Crippen molar-refractivity contribution < 1.29 is 9.53 Å². The van der Waals surface area contributed by atoms with Crippen LogP contribution in [0, 0.1) is 0 Å². The molecule has 0 saturated carbocycles. The molecule has 0 fully saturated rings. The van der Waals surface area contributed by atoms with Crippen LogP contribution in [0.5, 0.6) is 0 Å². The molecule has 0 spiro atoms. The molecule has 0 radical (unpaired) electrons. The number of carbonyl (C=O) groups is 1. The van der Waals surface area contributed by atoms with Gasteiger partial charge >= 0.3 is 0 Å². The molecular formula is C23H25Cl2N3O3S. The number of hydrogen-bond acceptors (Lipinski definition) is 5. The van der Waals surface area contributed by atoms with Crippen LogP contribution in [0.3, 0.4) is 0 Å². The Morgan fingerprint density at radius 3 is 2.59 bits per heavy atom. The second-order valence-electron chi connectivity index (χ2n) is 7.48. The van der Waals surface area contributed by atoms with Crippen LogP contribution < -0.4 is 10.9 Å². The molecule has 9 heteroatoms. The number of rotatable bonds is 10. The Bertz CT molecular complexity index is 1130. The van der Waals surface area contributed by atoms with Crippen LogP contribution in [0.15, 0.2) is 52.4 Å². The number of benzene rings is 2. The van der Waals surface area contributed by atoms with Gasteiger partial charge in [0.25, 0.3) is 5.56 Å². The number of halogens is 2. The van der Waals surface area contributed by atoms with Crippen molar-refractivity contribution in [2.45, 2.75) is 44.6 Å². The largest absolute Gasteiger partial charge is 0.379 e. The molecule has 3 rings (SSSR count). The first-order valence-corrected chi connectivity index (χ1v) is 12.0. The zero-order chi connectivity index (χ0) is 23.1. The van der Waals surface area contributed by atoms with Crippen LogP contribution >= 0.6 is 35.0 Å². The van der Waals surface area contributed by atoms with E-state index in [2.05, 4.69) is 10.3 Å². The molecule has 0 aliphatic rings. The van der Waals surface area contributed by atoms with Crippen LogP contribution in [-0.2, 0) is 22.6 Å². The van der Waals surface area contributed by atoms with E-state index >= 15 is 0 Å². The number of carbonyl (C=O) groups excluding carboxylic acids is 1. The maximum absolute atomic E-state index is 13.1. The molecule has 0 aliphatic carbocycles. The van der Waals surface area contributed by atoms with Crippen molar-refractivity contribution in [3.8, 4) is 0 Å². The Kier molecular flexibility index (Phi) is 8.99. The molecule has 6 nitrogen and oxygen atoms in total. The van der Waals surface area contributed by atoms with E-state index < -0.39 is 0 Å². The monoisotopic (exact) mass is 493 g/mol. The summed E-state index contributed by atoms with van der Waals surface area (Å²) < 4.78 is 7.20. The van der Waals surface area contributed by atoms with E-state index in [1.807, 2.05) is 26.0 Å². The van der Waals surface area contributed by atoms with Gasteiger partial charge in [-0.25, -0.2) is 4.98 Å². The molecule has 1 aromatic heterocycles. The highest BCUT2D eigenvalue weighted by atomic mass is 35.5. The number of fused-ring (bicyclic) bond motifs is 1. The molecule has 0 atom stereocenters. The maximum Gasteiger partial charge on any atom is 0.262 e. The number of ether oxygens (including phenoxy) is 1. The minimum absolute atomic E-state index is 0.127. The predicted octanol–water partition coefficient (Wildman–Crippen LogP) is 4.93. The van der Waals surface area contributed by atoms with Crippen molar-refractivity contribution in [2.24, 2.45) is 0 Å². The van der Waals surface area contributed by atoms with Crippen LogP contribution in [0.25, 0.3) is 10.9 Å². The van der Waals surface area contributed by atoms with Gasteiger partial charge in [0.2, 0.25) is 5.91 Å². The molecule has 170 valence electrons. The zero-order valence-corrected chi connectivity index (χ0v) is 20.3. The fourth-order valence-electron chi connectivity index (χ4n) is 3.01. The van der Waals surface area contributed by atoms with E-state index in [0.717, 1.165) is 5.56 Å². The Hall–Kier alpha value is -2.06. The number of hydrogen-bond donors (Lipinski definition) is 1. The van der Waals surface area contributed by atoms with E-state index in [-0.39, 0.29) is 23.3 Å². The number of thioether (sulfide) groups is 1. The summed E-state index contributed by atoms with van der Waals surface area (Å²) in [6, 6.07) is 12.3. The van der Waals surface area contributed by atoms with Crippen molar-refractivity contribution in [3.05, 3.63) is 68.4 Å². The van der Waals surface area contributed by atoms with Gasteiger partial charge in [-0.05, 0) is 56.2 Å². The Morgan fingerprint density at radius 2 is 1.88 bits per heavy atom. The van der Waals surface area contributed by atoms with Gasteiger partial charge < -0.3 is 10.1 Å². The van der Waals surface area contributed by atoms with Crippen LogP contribution in [0.2, 0.25) is 10.0 Å². The van der Waals surface area contributed by atoms with Crippen LogP contribution in [-0.4, -0.2) is 33.9 Å². The molecule has 1 amide bonds. The highest BCUT2D eigenvalue weighted by Gasteiger charge is 2.14. The van der Waals surface area contributed by atoms with Gasteiger partial charge in [-0.3, -0.25) is 14.2 Å². The Labute approximate surface area is 201 Å². The highest BCUT2D eigenvalue weighted by Crippen LogP contribution is 2.21. The van der Waals surface area contributed by atoms with Gasteiger partial charge in [-0.15, -0.1) is 0 Å². The van der Waals surface area contributed by atoms with Crippen molar-refractivity contribution in [1.82, 2.24) is 14.9 Å². The van der Waals surface area contributed by atoms with Gasteiger partial charge in [0, 0.05) is 29.7 Å². The lowest BCUT2D eigenvalue weighted by Gasteiger charge is -2.14. The van der Waals surface area contributed by atoms with Crippen molar-refractivity contribution >= 4 is 51.8 Å².